The second-order valence-corrected chi connectivity index (χ2v) is 7.59. The lowest BCUT2D eigenvalue weighted by molar-refractivity contribution is 0.417. The highest BCUT2D eigenvalue weighted by atomic mass is 32.2. The van der Waals surface area contributed by atoms with Gasteiger partial charge in [0.1, 0.15) is 11.3 Å². The SMILES string of the molecule is COc1ccccc1NS(=O)(=O)c1ccc2oc(=O)c3ncn(C)c3c2c1. The fourth-order valence-electron chi connectivity index (χ4n) is 2.93. The molecule has 27 heavy (non-hydrogen) atoms. The fraction of sp³-hybridized carbons (Fsp3) is 0.111. The number of methoxy groups -OCH3 is 1. The summed E-state index contributed by atoms with van der Waals surface area (Å²) in [7, 11) is -0.704. The van der Waals surface area contributed by atoms with Crippen molar-refractivity contribution in [1.82, 2.24) is 9.55 Å². The topological polar surface area (TPSA) is 103 Å². The molecule has 8 nitrogen and oxygen atoms in total. The van der Waals surface area contributed by atoms with E-state index in [0.29, 0.717) is 22.3 Å². The summed E-state index contributed by atoms with van der Waals surface area (Å²) in [5.74, 6) is 0.405. The number of para-hydroxylation sites is 2. The van der Waals surface area contributed by atoms with Crippen LogP contribution in [0.4, 0.5) is 5.69 Å². The van der Waals surface area contributed by atoms with Gasteiger partial charge in [0.25, 0.3) is 10.0 Å². The largest absolute Gasteiger partial charge is 0.495 e. The van der Waals surface area contributed by atoms with E-state index in [0.717, 1.165) is 0 Å². The maximum Gasteiger partial charge on any atom is 0.364 e. The van der Waals surface area contributed by atoms with Crippen LogP contribution in [0.3, 0.4) is 0 Å². The molecule has 0 bridgehead atoms. The van der Waals surface area contributed by atoms with Crippen LogP contribution < -0.4 is 15.1 Å². The number of aryl methyl sites for hydroxylation is 1. The molecule has 0 fully saturated rings. The molecule has 2 aromatic carbocycles. The summed E-state index contributed by atoms with van der Waals surface area (Å²) in [6.07, 6.45) is 1.48. The highest BCUT2D eigenvalue weighted by Gasteiger charge is 2.19. The number of hydrogen-bond donors (Lipinski definition) is 1. The van der Waals surface area contributed by atoms with Gasteiger partial charge in [0.2, 0.25) is 0 Å². The maximum absolute atomic E-state index is 12.9. The zero-order chi connectivity index (χ0) is 19.2. The number of benzene rings is 2. The third kappa shape index (κ3) is 2.81. The van der Waals surface area contributed by atoms with Gasteiger partial charge < -0.3 is 13.7 Å². The van der Waals surface area contributed by atoms with Crippen LogP contribution in [0.5, 0.6) is 5.75 Å². The number of rotatable bonds is 4. The van der Waals surface area contributed by atoms with Crippen LogP contribution in [0.25, 0.3) is 22.0 Å². The molecule has 0 aliphatic heterocycles. The van der Waals surface area contributed by atoms with E-state index in [1.165, 1.54) is 31.6 Å². The normalized spacial score (nSPS) is 11.8. The third-order valence-corrected chi connectivity index (χ3v) is 5.56. The quantitative estimate of drug-likeness (QED) is 0.541. The minimum Gasteiger partial charge on any atom is -0.495 e. The summed E-state index contributed by atoms with van der Waals surface area (Å²) in [6.45, 7) is 0. The fourth-order valence-corrected chi connectivity index (χ4v) is 4.02. The van der Waals surface area contributed by atoms with E-state index in [9.17, 15) is 13.2 Å². The Morgan fingerprint density at radius 1 is 1.19 bits per heavy atom. The van der Waals surface area contributed by atoms with Crippen molar-refractivity contribution in [2.24, 2.45) is 7.05 Å². The number of sulfonamides is 1. The number of hydrogen-bond acceptors (Lipinski definition) is 6. The summed E-state index contributed by atoms with van der Waals surface area (Å²) >= 11 is 0. The molecule has 0 radical (unpaired) electrons. The lowest BCUT2D eigenvalue weighted by Gasteiger charge is -2.12. The van der Waals surface area contributed by atoms with Crippen LogP contribution in [-0.4, -0.2) is 25.1 Å². The molecule has 4 rings (SSSR count). The van der Waals surface area contributed by atoms with Crippen molar-refractivity contribution in [3.05, 3.63) is 59.2 Å². The van der Waals surface area contributed by atoms with Crippen LogP contribution in [-0.2, 0) is 17.1 Å². The van der Waals surface area contributed by atoms with E-state index in [1.807, 2.05) is 0 Å². The molecule has 0 atom stereocenters. The number of nitrogens with zero attached hydrogens (tertiary/aromatic N) is 2. The van der Waals surface area contributed by atoms with Crippen molar-refractivity contribution < 1.29 is 17.6 Å². The van der Waals surface area contributed by atoms with E-state index < -0.39 is 15.6 Å². The average molecular weight is 385 g/mol. The first-order valence-electron chi connectivity index (χ1n) is 7.94. The second-order valence-electron chi connectivity index (χ2n) is 5.91. The number of aromatic nitrogens is 2. The van der Waals surface area contributed by atoms with Gasteiger partial charge >= 0.3 is 5.63 Å². The lowest BCUT2D eigenvalue weighted by atomic mass is 10.2. The summed E-state index contributed by atoms with van der Waals surface area (Å²) in [4.78, 5) is 16.1. The summed E-state index contributed by atoms with van der Waals surface area (Å²) in [5.41, 5.74) is 0.700. The van der Waals surface area contributed by atoms with Crippen molar-refractivity contribution in [3.63, 3.8) is 0 Å². The molecule has 0 saturated heterocycles. The van der Waals surface area contributed by atoms with Gasteiger partial charge in [-0.3, -0.25) is 4.72 Å². The van der Waals surface area contributed by atoms with Gasteiger partial charge in [0.05, 0.1) is 29.5 Å². The Kier molecular flexibility index (Phi) is 3.88. The lowest BCUT2D eigenvalue weighted by Crippen LogP contribution is -2.13. The van der Waals surface area contributed by atoms with Gasteiger partial charge in [-0.25, -0.2) is 18.2 Å². The molecular formula is C18H15N3O5S. The molecule has 0 spiro atoms. The first-order chi connectivity index (χ1) is 12.9. The highest BCUT2D eigenvalue weighted by molar-refractivity contribution is 7.92. The van der Waals surface area contributed by atoms with Crippen molar-refractivity contribution >= 4 is 37.7 Å². The van der Waals surface area contributed by atoms with E-state index in [-0.39, 0.29) is 16.0 Å². The predicted molar refractivity (Wildman–Crippen MR) is 101 cm³/mol. The Hall–Kier alpha value is -3.33. The molecule has 0 aliphatic rings. The van der Waals surface area contributed by atoms with E-state index in [4.69, 9.17) is 9.15 Å². The van der Waals surface area contributed by atoms with Gasteiger partial charge in [-0.05, 0) is 30.3 Å². The zero-order valence-electron chi connectivity index (χ0n) is 14.5. The Morgan fingerprint density at radius 2 is 1.96 bits per heavy atom. The monoisotopic (exact) mass is 385 g/mol. The number of fused-ring (bicyclic) bond motifs is 3. The first-order valence-corrected chi connectivity index (χ1v) is 9.43. The highest BCUT2D eigenvalue weighted by Crippen LogP contribution is 2.28. The molecule has 0 amide bonds. The number of anilines is 1. The summed E-state index contributed by atoms with van der Waals surface area (Å²) < 4.78 is 40.3. The van der Waals surface area contributed by atoms with E-state index in [2.05, 4.69) is 9.71 Å². The molecule has 0 saturated carbocycles. The minimum absolute atomic E-state index is 0.0252. The van der Waals surface area contributed by atoms with Gasteiger partial charge in [-0.15, -0.1) is 0 Å². The molecule has 2 aromatic heterocycles. The van der Waals surface area contributed by atoms with Crippen LogP contribution in [0, 0.1) is 0 Å². The minimum atomic E-state index is -3.89. The maximum atomic E-state index is 12.9. The van der Waals surface area contributed by atoms with Crippen LogP contribution in [0.15, 0.2) is 62.9 Å². The van der Waals surface area contributed by atoms with Gasteiger partial charge in [0.15, 0.2) is 5.52 Å². The second kappa shape index (κ2) is 6.13. The standard InChI is InChI=1S/C18H15N3O5S/c1-21-10-19-16-17(21)12-9-11(7-8-14(12)26-18(16)22)27(23,24)20-13-5-3-4-6-15(13)25-2/h3-10,20H,1-2H3. The van der Waals surface area contributed by atoms with Crippen molar-refractivity contribution in [2.45, 2.75) is 4.90 Å². The molecular weight excluding hydrogens is 370 g/mol. The first kappa shape index (κ1) is 17.1. The predicted octanol–water partition coefficient (Wildman–Crippen LogP) is 2.49. The average Bonchev–Trinajstić information content (AvgIpc) is 3.04. The Balaban J connectivity index is 1.88. The molecule has 9 heteroatoms. The number of imidazole rings is 1. The van der Waals surface area contributed by atoms with Crippen LogP contribution in [0.2, 0.25) is 0 Å². The van der Waals surface area contributed by atoms with Crippen LogP contribution >= 0.6 is 0 Å². The van der Waals surface area contributed by atoms with E-state index >= 15 is 0 Å². The van der Waals surface area contributed by atoms with Crippen molar-refractivity contribution in [1.29, 1.82) is 0 Å². The summed E-state index contributed by atoms with van der Waals surface area (Å²) in [6, 6.07) is 11.0. The van der Waals surface area contributed by atoms with E-state index in [1.54, 1.807) is 35.9 Å². The van der Waals surface area contributed by atoms with Crippen LogP contribution in [0.1, 0.15) is 0 Å². The molecule has 1 N–H and O–H groups in total. The van der Waals surface area contributed by atoms with Gasteiger partial charge in [-0.1, -0.05) is 12.1 Å². The summed E-state index contributed by atoms with van der Waals surface area (Å²) in [5, 5.41) is 0.479. The smallest absolute Gasteiger partial charge is 0.364 e. The van der Waals surface area contributed by atoms with Crippen molar-refractivity contribution in [3.8, 4) is 5.75 Å². The number of nitrogens with one attached hydrogen (secondary N) is 1. The molecule has 0 unspecified atom stereocenters. The molecule has 138 valence electrons. The zero-order valence-corrected chi connectivity index (χ0v) is 15.3. The third-order valence-electron chi connectivity index (χ3n) is 4.20. The van der Waals surface area contributed by atoms with Crippen molar-refractivity contribution in [2.75, 3.05) is 11.8 Å². The molecule has 2 heterocycles. The Bertz CT molecular complexity index is 1340. The molecule has 0 aliphatic carbocycles. The molecule has 4 aromatic rings. The number of ether oxygens (including phenoxy) is 1. The Labute approximate surface area is 154 Å². The van der Waals surface area contributed by atoms with Gasteiger partial charge in [-0.2, -0.15) is 0 Å². The Morgan fingerprint density at radius 3 is 2.74 bits per heavy atom. The van der Waals surface area contributed by atoms with Gasteiger partial charge in [0, 0.05) is 12.4 Å².